The molecule has 3 rings (SSSR count). The highest BCUT2D eigenvalue weighted by molar-refractivity contribution is 6.07. The van der Waals surface area contributed by atoms with Gasteiger partial charge in [-0.05, 0) is 35.3 Å². The molecule has 0 aromatic heterocycles. The number of hydrogen-bond donors (Lipinski definition) is 2. The monoisotopic (exact) mass is 297 g/mol. The van der Waals surface area contributed by atoms with Crippen molar-refractivity contribution in [3.8, 4) is 0 Å². The van der Waals surface area contributed by atoms with Crippen molar-refractivity contribution in [3.05, 3.63) is 64.6 Å². The molecule has 0 spiro atoms. The number of carboxylic acid groups (broad SMARTS) is 1. The molecule has 1 heterocycles. The van der Waals surface area contributed by atoms with Crippen molar-refractivity contribution in [2.45, 2.75) is 12.8 Å². The highest BCUT2D eigenvalue weighted by Gasteiger charge is 2.30. The van der Waals surface area contributed by atoms with Gasteiger partial charge in [0.25, 0.3) is 5.91 Å². The molecular formula is C17H15NO4. The molecule has 0 fully saturated rings. The number of allylic oxidation sites excluding steroid dienone is 4. The van der Waals surface area contributed by atoms with Crippen LogP contribution in [0.5, 0.6) is 0 Å². The zero-order chi connectivity index (χ0) is 15.9. The summed E-state index contributed by atoms with van der Waals surface area (Å²) in [4.78, 5) is 25.3. The smallest absolute Gasteiger partial charge is 0.328 e. The van der Waals surface area contributed by atoms with Crippen molar-refractivity contribution in [2.75, 3.05) is 7.05 Å². The molecule has 1 aliphatic heterocycles. The minimum atomic E-state index is -1.06. The highest BCUT2D eigenvalue weighted by Crippen LogP contribution is 2.39. The van der Waals surface area contributed by atoms with Crippen LogP contribution in [0, 0.1) is 0 Å². The average molecular weight is 297 g/mol. The first-order chi connectivity index (χ1) is 10.5. The number of rotatable bonds is 1. The molecule has 0 saturated carbocycles. The van der Waals surface area contributed by atoms with Crippen molar-refractivity contribution >= 4 is 17.4 Å². The maximum Gasteiger partial charge on any atom is 0.328 e. The molecule has 1 aliphatic carbocycles. The van der Waals surface area contributed by atoms with Crippen LogP contribution in [0.15, 0.2) is 53.4 Å². The fourth-order valence-corrected chi connectivity index (χ4v) is 2.92. The number of benzene rings is 1. The number of aliphatic hydroxyl groups excluding tert-OH is 1. The zero-order valence-corrected chi connectivity index (χ0v) is 12.0. The SMILES string of the molecule is CN1C(=O)c2ccccc2/C(=C\C(=O)O)C2=C1C=C(O)CC2. The zero-order valence-electron chi connectivity index (χ0n) is 12.0. The molecule has 1 aromatic carbocycles. The van der Waals surface area contributed by atoms with Crippen molar-refractivity contribution in [2.24, 2.45) is 0 Å². The van der Waals surface area contributed by atoms with Gasteiger partial charge in [0.15, 0.2) is 0 Å². The summed E-state index contributed by atoms with van der Waals surface area (Å²) in [6, 6.07) is 6.97. The van der Waals surface area contributed by atoms with Gasteiger partial charge >= 0.3 is 5.97 Å². The number of aliphatic hydroxyl groups is 1. The summed E-state index contributed by atoms with van der Waals surface area (Å²) >= 11 is 0. The van der Waals surface area contributed by atoms with Gasteiger partial charge in [-0.15, -0.1) is 0 Å². The normalized spacial score (nSPS) is 19.5. The van der Waals surface area contributed by atoms with Crippen LogP contribution in [0.4, 0.5) is 0 Å². The van der Waals surface area contributed by atoms with Gasteiger partial charge in [-0.3, -0.25) is 4.79 Å². The van der Waals surface area contributed by atoms with E-state index in [-0.39, 0.29) is 11.7 Å². The first-order valence-electron chi connectivity index (χ1n) is 6.94. The van der Waals surface area contributed by atoms with Gasteiger partial charge in [0.1, 0.15) is 0 Å². The molecule has 2 aliphatic rings. The van der Waals surface area contributed by atoms with Gasteiger partial charge in [-0.1, -0.05) is 18.2 Å². The summed E-state index contributed by atoms with van der Waals surface area (Å²) in [7, 11) is 1.63. The van der Waals surface area contributed by atoms with Crippen LogP contribution in [-0.2, 0) is 4.79 Å². The van der Waals surface area contributed by atoms with Crippen molar-refractivity contribution in [1.82, 2.24) is 4.90 Å². The number of amides is 1. The maximum absolute atomic E-state index is 12.6. The van der Waals surface area contributed by atoms with E-state index in [0.29, 0.717) is 35.2 Å². The maximum atomic E-state index is 12.6. The molecule has 0 unspecified atom stereocenters. The van der Waals surface area contributed by atoms with E-state index in [1.54, 1.807) is 31.3 Å². The van der Waals surface area contributed by atoms with E-state index in [1.807, 2.05) is 0 Å². The van der Waals surface area contributed by atoms with Crippen LogP contribution in [0.1, 0.15) is 28.8 Å². The van der Waals surface area contributed by atoms with E-state index in [9.17, 15) is 19.8 Å². The third-order valence-corrected chi connectivity index (χ3v) is 3.95. The number of nitrogens with zero attached hydrogens (tertiary/aromatic N) is 1. The minimum Gasteiger partial charge on any atom is -0.512 e. The lowest BCUT2D eigenvalue weighted by Crippen LogP contribution is -2.26. The molecular weight excluding hydrogens is 282 g/mol. The third-order valence-electron chi connectivity index (χ3n) is 3.95. The van der Waals surface area contributed by atoms with Crippen molar-refractivity contribution < 1.29 is 19.8 Å². The predicted octanol–water partition coefficient (Wildman–Crippen LogP) is 2.73. The Hall–Kier alpha value is -2.82. The summed E-state index contributed by atoms with van der Waals surface area (Å²) in [6.07, 6.45) is 3.60. The van der Waals surface area contributed by atoms with Crippen LogP contribution in [0.2, 0.25) is 0 Å². The predicted molar refractivity (Wildman–Crippen MR) is 81.1 cm³/mol. The second-order valence-corrected chi connectivity index (χ2v) is 5.31. The number of carboxylic acids is 1. The number of carbonyl (C=O) groups is 2. The Kier molecular flexibility index (Phi) is 3.33. The van der Waals surface area contributed by atoms with Gasteiger partial charge < -0.3 is 15.1 Å². The first kappa shape index (κ1) is 14.1. The minimum absolute atomic E-state index is 0.194. The Balaban J connectivity index is 2.34. The number of hydrogen-bond acceptors (Lipinski definition) is 3. The van der Waals surface area contributed by atoms with Gasteiger partial charge in [-0.25, -0.2) is 4.79 Å². The number of carbonyl (C=O) groups excluding carboxylic acids is 1. The second-order valence-electron chi connectivity index (χ2n) is 5.31. The van der Waals surface area contributed by atoms with Gasteiger partial charge in [0, 0.05) is 25.1 Å². The Labute approximate surface area is 127 Å². The molecule has 5 heteroatoms. The lowest BCUT2D eigenvalue weighted by molar-refractivity contribution is -0.131. The van der Waals surface area contributed by atoms with Crippen LogP contribution < -0.4 is 0 Å². The van der Waals surface area contributed by atoms with Crippen molar-refractivity contribution in [1.29, 1.82) is 0 Å². The summed E-state index contributed by atoms with van der Waals surface area (Å²) in [5, 5.41) is 19.0. The van der Waals surface area contributed by atoms with Crippen LogP contribution in [0.25, 0.3) is 5.57 Å². The third kappa shape index (κ3) is 2.20. The topological polar surface area (TPSA) is 77.8 Å². The molecule has 22 heavy (non-hydrogen) atoms. The lowest BCUT2D eigenvalue weighted by Gasteiger charge is -2.23. The summed E-state index contributed by atoms with van der Waals surface area (Å²) in [5.74, 6) is -1.09. The molecule has 0 radical (unpaired) electrons. The van der Waals surface area contributed by atoms with Crippen molar-refractivity contribution in [3.63, 3.8) is 0 Å². The Morgan fingerprint density at radius 1 is 1.23 bits per heavy atom. The highest BCUT2D eigenvalue weighted by atomic mass is 16.4. The first-order valence-corrected chi connectivity index (χ1v) is 6.94. The number of likely N-dealkylation sites (N-methyl/N-ethyl adjacent to an activating group) is 1. The molecule has 1 amide bonds. The molecule has 0 atom stereocenters. The number of fused-ring (bicyclic) bond motifs is 1. The number of aliphatic carboxylic acids is 1. The Morgan fingerprint density at radius 3 is 2.59 bits per heavy atom. The molecule has 2 N–H and O–H groups in total. The Bertz CT molecular complexity index is 771. The molecule has 0 saturated heterocycles. The van der Waals surface area contributed by atoms with E-state index >= 15 is 0 Å². The van der Waals surface area contributed by atoms with Crippen LogP contribution >= 0.6 is 0 Å². The molecule has 112 valence electrons. The Morgan fingerprint density at radius 2 is 1.91 bits per heavy atom. The molecule has 1 aromatic rings. The van der Waals surface area contributed by atoms with Gasteiger partial charge in [0.05, 0.1) is 11.5 Å². The molecule has 5 nitrogen and oxygen atoms in total. The summed E-state index contributed by atoms with van der Waals surface area (Å²) in [6.45, 7) is 0. The quantitative estimate of drug-likeness (QED) is 0.781. The summed E-state index contributed by atoms with van der Waals surface area (Å²) < 4.78 is 0. The van der Waals surface area contributed by atoms with E-state index in [4.69, 9.17) is 0 Å². The average Bonchev–Trinajstić information content (AvgIpc) is 2.58. The largest absolute Gasteiger partial charge is 0.512 e. The van der Waals surface area contributed by atoms with Crippen LogP contribution in [0.3, 0.4) is 0 Å². The van der Waals surface area contributed by atoms with E-state index in [1.165, 1.54) is 11.0 Å². The van der Waals surface area contributed by atoms with Gasteiger partial charge in [-0.2, -0.15) is 0 Å². The van der Waals surface area contributed by atoms with Gasteiger partial charge in [0.2, 0.25) is 0 Å². The lowest BCUT2D eigenvalue weighted by atomic mass is 9.88. The fraction of sp³-hybridized carbons (Fsp3) is 0.176. The van der Waals surface area contributed by atoms with E-state index in [0.717, 1.165) is 11.6 Å². The molecule has 0 bridgehead atoms. The van der Waals surface area contributed by atoms with E-state index < -0.39 is 5.97 Å². The van der Waals surface area contributed by atoms with Crippen LogP contribution in [-0.4, -0.2) is 34.0 Å². The second kappa shape index (κ2) is 5.18. The summed E-state index contributed by atoms with van der Waals surface area (Å²) in [5.41, 5.74) is 2.92. The standard InChI is InChI=1S/C17H15NO4/c1-18-15-8-10(19)6-7-12(15)14(9-16(20)21)11-4-2-3-5-13(11)17(18)22/h2-5,8-9,19H,6-7H2,1H3,(H,20,21)/b14-9+. The van der Waals surface area contributed by atoms with E-state index in [2.05, 4.69) is 0 Å². The fourth-order valence-electron chi connectivity index (χ4n) is 2.92.